The lowest BCUT2D eigenvalue weighted by Crippen LogP contribution is -2.47. The van der Waals surface area contributed by atoms with Gasteiger partial charge in [-0.1, -0.05) is 78.5 Å². The maximum atomic E-state index is 3.43. The van der Waals surface area contributed by atoms with Gasteiger partial charge >= 0.3 is 0 Å². The van der Waals surface area contributed by atoms with Gasteiger partial charge in [-0.3, -0.25) is 4.90 Å². The highest BCUT2D eigenvalue weighted by Crippen LogP contribution is 2.49. The molecule has 8 rings (SSSR count). The molecule has 2 saturated heterocycles. The molecule has 0 spiro atoms. The van der Waals surface area contributed by atoms with Crippen LogP contribution in [0.15, 0.2) is 117 Å². The smallest absolute Gasteiger partial charge is 0.0758 e. The fourth-order valence-corrected chi connectivity index (χ4v) is 8.74. The first-order valence-corrected chi connectivity index (χ1v) is 17.3. The van der Waals surface area contributed by atoms with E-state index in [-0.39, 0.29) is 0 Å². The van der Waals surface area contributed by atoms with E-state index in [1.165, 1.54) is 68.1 Å². The van der Waals surface area contributed by atoms with Crippen LogP contribution in [0.1, 0.15) is 19.3 Å². The monoisotopic (exact) mass is 607 g/mol. The predicted molar refractivity (Wildman–Crippen MR) is 183 cm³/mol. The maximum absolute atomic E-state index is 3.43. The van der Waals surface area contributed by atoms with Crippen molar-refractivity contribution in [3.63, 3.8) is 0 Å². The summed E-state index contributed by atoms with van der Waals surface area (Å²) >= 11 is 3.77. The van der Waals surface area contributed by atoms with E-state index in [0.717, 1.165) is 39.4 Å². The first-order valence-electron chi connectivity index (χ1n) is 15.6. The summed E-state index contributed by atoms with van der Waals surface area (Å²) in [6.45, 7) is 7.71. The zero-order valence-electron chi connectivity index (χ0n) is 25.0. The van der Waals surface area contributed by atoms with Gasteiger partial charge in [-0.2, -0.15) is 0 Å². The molecule has 4 aliphatic rings. The minimum atomic E-state index is 0.651. The van der Waals surface area contributed by atoms with Crippen LogP contribution in [-0.4, -0.2) is 68.8 Å². The number of piperidine rings is 1. The van der Waals surface area contributed by atoms with Crippen LogP contribution in [0.2, 0.25) is 0 Å². The average molecular weight is 608 g/mol. The Balaban J connectivity index is 0.000000140. The molecule has 0 radical (unpaired) electrons. The number of likely N-dealkylation sites (tertiary alicyclic amines) is 1. The Labute approximate surface area is 265 Å². The molecule has 0 aliphatic carbocycles. The number of anilines is 4. The Morgan fingerprint density at radius 3 is 1.56 bits per heavy atom. The number of rotatable bonds is 4. The van der Waals surface area contributed by atoms with Gasteiger partial charge in [0.05, 0.1) is 29.4 Å². The van der Waals surface area contributed by atoms with Gasteiger partial charge in [0, 0.05) is 58.3 Å². The summed E-state index contributed by atoms with van der Waals surface area (Å²) in [5.41, 5.74) is 5.40. The van der Waals surface area contributed by atoms with Gasteiger partial charge in [-0.05, 0) is 75.0 Å². The molecule has 5 nitrogen and oxygen atoms in total. The van der Waals surface area contributed by atoms with E-state index in [2.05, 4.69) is 129 Å². The number of likely N-dealkylation sites (N-methyl/N-ethyl adjacent to an activating group) is 1. The van der Waals surface area contributed by atoms with E-state index >= 15 is 0 Å². The zero-order valence-corrected chi connectivity index (χ0v) is 26.6. The first kappa shape index (κ1) is 28.8. The Hall–Kier alpha value is -2.94. The Kier molecular flexibility index (Phi) is 8.96. The number of hydrogen-bond acceptors (Lipinski definition) is 7. The normalized spacial score (nSPS) is 19.8. The Morgan fingerprint density at radius 2 is 1.07 bits per heavy atom. The van der Waals surface area contributed by atoms with Crippen LogP contribution in [0.3, 0.4) is 0 Å². The van der Waals surface area contributed by atoms with Gasteiger partial charge in [-0.25, -0.2) is 0 Å². The zero-order chi connectivity index (χ0) is 29.0. The lowest BCUT2D eigenvalue weighted by atomic mass is 10.0. The van der Waals surface area contributed by atoms with Crippen molar-refractivity contribution in [3.8, 4) is 0 Å². The highest BCUT2D eigenvalue weighted by molar-refractivity contribution is 8.00. The molecule has 4 aromatic rings. The SMILES string of the molecule is CN1CCCCC1CN1c2ccccc2Sc2ccccc21.c1ccc2c(c1)Sc1ccccc1N2CN1CCNCC1. The van der Waals surface area contributed by atoms with Crippen molar-refractivity contribution < 1.29 is 0 Å². The molecular formula is C36H41N5S2. The van der Waals surface area contributed by atoms with Crippen LogP contribution in [0.25, 0.3) is 0 Å². The third kappa shape index (κ3) is 6.33. The molecule has 1 N–H and O–H groups in total. The number of fused-ring (bicyclic) bond motifs is 4. The second-order valence-electron chi connectivity index (χ2n) is 11.8. The van der Waals surface area contributed by atoms with Crippen LogP contribution in [0.5, 0.6) is 0 Å². The van der Waals surface area contributed by atoms with E-state index in [0.29, 0.717) is 6.04 Å². The van der Waals surface area contributed by atoms with Gasteiger partial charge < -0.3 is 20.0 Å². The van der Waals surface area contributed by atoms with Crippen molar-refractivity contribution in [1.29, 1.82) is 0 Å². The van der Waals surface area contributed by atoms with Crippen LogP contribution in [-0.2, 0) is 0 Å². The van der Waals surface area contributed by atoms with Crippen molar-refractivity contribution in [2.75, 3.05) is 62.8 Å². The topological polar surface area (TPSA) is 25.0 Å². The van der Waals surface area contributed by atoms with Gasteiger partial charge in [0.1, 0.15) is 0 Å². The van der Waals surface area contributed by atoms with E-state index in [1.807, 2.05) is 23.5 Å². The van der Waals surface area contributed by atoms with E-state index < -0.39 is 0 Å². The predicted octanol–water partition coefficient (Wildman–Crippen LogP) is 7.93. The fourth-order valence-electron chi connectivity index (χ4n) is 6.55. The van der Waals surface area contributed by atoms with Gasteiger partial charge in [0.25, 0.3) is 0 Å². The summed E-state index contributed by atoms with van der Waals surface area (Å²) in [4.78, 5) is 15.5. The summed E-state index contributed by atoms with van der Waals surface area (Å²) in [6, 6.07) is 35.7. The molecule has 4 heterocycles. The van der Waals surface area contributed by atoms with Crippen LogP contribution < -0.4 is 15.1 Å². The largest absolute Gasteiger partial charge is 0.338 e. The van der Waals surface area contributed by atoms with Crippen molar-refractivity contribution in [2.45, 2.75) is 44.9 Å². The maximum Gasteiger partial charge on any atom is 0.0758 e. The summed E-state index contributed by atoms with van der Waals surface area (Å²) in [5.74, 6) is 0. The fraction of sp³-hybridized carbons (Fsp3) is 0.333. The van der Waals surface area contributed by atoms with Gasteiger partial charge in [0.2, 0.25) is 0 Å². The van der Waals surface area contributed by atoms with Gasteiger partial charge in [0.15, 0.2) is 0 Å². The van der Waals surface area contributed by atoms with Crippen LogP contribution in [0.4, 0.5) is 22.7 Å². The second kappa shape index (κ2) is 13.4. The highest BCUT2D eigenvalue weighted by atomic mass is 32.2. The standard InChI is InChI=1S/C19H22N2S.C17H19N3S/c1-20-13-7-6-8-15(20)14-21-16-9-2-4-11-18(16)22-19-12-5-3-10-17(19)21;1-3-7-16-14(5-1)20(13-19-11-9-18-10-12-19)15-6-2-4-8-17(15)21-16/h2-5,9-12,15H,6-8,13-14H2,1H3;1-8,18H,9-13H2. The Bertz CT molecular complexity index is 1450. The van der Waals surface area contributed by atoms with E-state index in [4.69, 9.17) is 0 Å². The van der Waals surface area contributed by atoms with Crippen molar-refractivity contribution >= 4 is 46.3 Å². The van der Waals surface area contributed by atoms with Crippen molar-refractivity contribution in [2.24, 2.45) is 0 Å². The molecule has 7 heteroatoms. The molecule has 0 saturated carbocycles. The lowest BCUT2D eigenvalue weighted by Gasteiger charge is -2.39. The molecule has 43 heavy (non-hydrogen) atoms. The molecule has 2 fully saturated rings. The first-order chi connectivity index (χ1) is 21.2. The number of nitrogens with zero attached hydrogens (tertiary/aromatic N) is 4. The summed E-state index contributed by atoms with van der Waals surface area (Å²) < 4.78 is 0. The quantitative estimate of drug-likeness (QED) is 0.252. The summed E-state index contributed by atoms with van der Waals surface area (Å²) in [5, 5.41) is 3.43. The summed E-state index contributed by atoms with van der Waals surface area (Å²) in [6.07, 6.45) is 4.02. The number of nitrogens with one attached hydrogen (secondary N) is 1. The van der Waals surface area contributed by atoms with Crippen molar-refractivity contribution in [1.82, 2.24) is 15.1 Å². The minimum Gasteiger partial charge on any atom is -0.338 e. The van der Waals surface area contributed by atoms with Crippen LogP contribution >= 0.6 is 23.5 Å². The third-order valence-electron chi connectivity index (χ3n) is 8.93. The lowest BCUT2D eigenvalue weighted by molar-refractivity contribution is 0.190. The highest BCUT2D eigenvalue weighted by Gasteiger charge is 2.28. The number of benzene rings is 4. The van der Waals surface area contributed by atoms with Gasteiger partial charge in [-0.15, -0.1) is 0 Å². The number of para-hydroxylation sites is 4. The van der Waals surface area contributed by atoms with Crippen molar-refractivity contribution in [3.05, 3.63) is 97.1 Å². The molecule has 1 unspecified atom stereocenters. The summed E-state index contributed by atoms with van der Waals surface area (Å²) in [7, 11) is 2.28. The average Bonchev–Trinajstić information content (AvgIpc) is 3.06. The molecule has 4 aromatic carbocycles. The van der Waals surface area contributed by atoms with Crippen LogP contribution in [0, 0.1) is 0 Å². The molecule has 0 aromatic heterocycles. The molecular weight excluding hydrogens is 567 g/mol. The molecule has 0 amide bonds. The molecule has 4 aliphatic heterocycles. The third-order valence-corrected chi connectivity index (χ3v) is 11.2. The Morgan fingerprint density at radius 1 is 0.605 bits per heavy atom. The minimum absolute atomic E-state index is 0.651. The second-order valence-corrected chi connectivity index (χ2v) is 13.9. The number of piperazine rings is 1. The number of hydrogen-bond donors (Lipinski definition) is 1. The van der Waals surface area contributed by atoms with E-state index in [9.17, 15) is 0 Å². The molecule has 1 atom stereocenters. The molecule has 0 bridgehead atoms. The molecule has 222 valence electrons. The van der Waals surface area contributed by atoms with E-state index in [1.54, 1.807) is 0 Å².